The Hall–Kier alpha value is -2.68. The van der Waals surface area contributed by atoms with E-state index in [1.54, 1.807) is 12.3 Å². The lowest BCUT2D eigenvalue weighted by Crippen LogP contribution is -2.55. The van der Waals surface area contributed by atoms with Crippen molar-refractivity contribution in [1.82, 2.24) is 20.1 Å². The molecule has 3 heterocycles. The van der Waals surface area contributed by atoms with Crippen LogP contribution >= 0.6 is 0 Å². The average Bonchev–Trinajstić information content (AvgIpc) is 3.29. The van der Waals surface area contributed by atoms with Crippen LogP contribution in [0.15, 0.2) is 23.3 Å². The lowest BCUT2D eigenvalue weighted by Gasteiger charge is -2.37. The maximum absolute atomic E-state index is 12.5. The van der Waals surface area contributed by atoms with Crippen LogP contribution in [-0.2, 0) is 14.3 Å². The first kappa shape index (κ1) is 22.0. The van der Waals surface area contributed by atoms with Crippen molar-refractivity contribution in [3.8, 4) is 0 Å². The molecule has 0 aliphatic carbocycles. The summed E-state index contributed by atoms with van der Waals surface area (Å²) in [6.45, 7) is 8.51. The number of aliphatic imine (C=N–C) groups is 1. The standard InChI is InChI=1S/C21H32N6O3/c1-3-22-21(23-9-8-19(28)25-18-7-6-16(2)15-24-18)27-12-10-26(11-13-27)20(29)17-5-4-14-30-17/h6-7,15,17H,3-5,8-14H2,1-2H3,(H,22,23)(H,24,25,28). The zero-order chi connectivity index (χ0) is 21.3. The van der Waals surface area contributed by atoms with Gasteiger partial charge in [-0.05, 0) is 38.3 Å². The summed E-state index contributed by atoms with van der Waals surface area (Å²) >= 11 is 0. The number of aromatic nitrogens is 1. The number of hydrogen-bond acceptors (Lipinski definition) is 5. The highest BCUT2D eigenvalue weighted by Crippen LogP contribution is 2.16. The van der Waals surface area contributed by atoms with Crippen LogP contribution in [0.5, 0.6) is 0 Å². The Bertz CT molecular complexity index is 738. The third-order valence-electron chi connectivity index (χ3n) is 5.21. The lowest BCUT2D eigenvalue weighted by atomic mass is 10.2. The predicted octanol–water partition coefficient (Wildman–Crippen LogP) is 1.01. The van der Waals surface area contributed by atoms with Crippen molar-refractivity contribution >= 4 is 23.6 Å². The molecule has 2 saturated heterocycles. The number of amides is 2. The van der Waals surface area contributed by atoms with E-state index in [-0.39, 0.29) is 24.3 Å². The van der Waals surface area contributed by atoms with Gasteiger partial charge in [-0.15, -0.1) is 0 Å². The fourth-order valence-electron chi connectivity index (χ4n) is 3.55. The number of rotatable bonds is 6. The molecular weight excluding hydrogens is 384 g/mol. The molecule has 164 valence electrons. The van der Waals surface area contributed by atoms with Gasteiger partial charge in [0.2, 0.25) is 5.91 Å². The number of nitrogens with one attached hydrogen (secondary N) is 2. The molecule has 1 atom stereocenters. The summed E-state index contributed by atoms with van der Waals surface area (Å²) in [5, 5.41) is 6.07. The quantitative estimate of drug-likeness (QED) is 0.530. The van der Waals surface area contributed by atoms with Crippen LogP contribution in [0.25, 0.3) is 0 Å². The first-order chi connectivity index (χ1) is 14.6. The van der Waals surface area contributed by atoms with Gasteiger partial charge in [-0.1, -0.05) is 6.07 Å². The second kappa shape index (κ2) is 10.9. The van der Waals surface area contributed by atoms with Crippen LogP contribution in [0.4, 0.5) is 5.82 Å². The fraction of sp³-hybridized carbons (Fsp3) is 0.619. The van der Waals surface area contributed by atoms with Crippen LogP contribution in [0.2, 0.25) is 0 Å². The summed E-state index contributed by atoms with van der Waals surface area (Å²) in [7, 11) is 0. The molecular formula is C21H32N6O3. The van der Waals surface area contributed by atoms with E-state index in [1.165, 1.54) is 0 Å². The number of hydrogen-bond donors (Lipinski definition) is 2. The molecule has 0 radical (unpaired) electrons. The van der Waals surface area contributed by atoms with Crippen molar-refractivity contribution in [2.45, 2.75) is 39.2 Å². The molecule has 1 aromatic rings. The molecule has 2 aliphatic rings. The third kappa shape index (κ3) is 6.16. The van der Waals surface area contributed by atoms with E-state index in [1.807, 2.05) is 24.8 Å². The second-order valence-corrected chi connectivity index (χ2v) is 7.57. The zero-order valence-electron chi connectivity index (χ0n) is 17.9. The summed E-state index contributed by atoms with van der Waals surface area (Å²) in [6.07, 6.45) is 3.52. The van der Waals surface area contributed by atoms with E-state index in [4.69, 9.17) is 4.74 Å². The van der Waals surface area contributed by atoms with Crippen molar-refractivity contribution < 1.29 is 14.3 Å². The van der Waals surface area contributed by atoms with Gasteiger partial charge in [-0.2, -0.15) is 0 Å². The molecule has 0 spiro atoms. The monoisotopic (exact) mass is 416 g/mol. The first-order valence-electron chi connectivity index (χ1n) is 10.7. The van der Waals surface area contributed by atoms with Crippen molar-refractivity contribution in [3.05, 3.63) is 23.9 Å². The van der Waals surface area contributed by atoms with Gasteiger partial charge < -0.3 is 25.2 Å². The van der Waals surface area contributed by atoms with E-state index in [0.29, 0.717) is 45.1 Å². The van der Waals surface area contributed by atoms with E-state index >= 15 is 0 Å². The van der Waals surface area contributed by atoms with E-state index in [2.05, 4.69) is 25.5 Å². The van der Waals surface area contributed by atoms with Crippen molar-refractivity contribution in [1.29, 1.82) is 0 Å². The Kier molecular flexibility index (Phi) is 8.01. The smallest absolute Gasteiger partial charge is 0.251 e. The highest BCUT2D eigenvalue weighted by molar-refractivity contribution is 5.90. The summed E-state index contributed by atoms with van der Waals surface area (Å²) in [5.41, 5.74) is 1.05. The minimum absolute atomic E-state index is 0.107. The molecule has 1 aromatic heterocycles. The van der Waals surface area contributed by atoms with Gasteiger partial charge in [-0.3, -0.25) is 14.6 Å². The number of carbonyl (C=O) groups is 2. The number of anilines is 1. The van der Waals surface area contributed by atoms with Gasteiger partial charge in [0.05, 0.1) is 6.54 Å². The summed E-state index contributed by atoms with van der Waals surface area (Å²) in [6, 6.07) is 3.70. The van der Waals surface area contributed by atoms with Gasteiger partial charge in [0.15, 0.2) is 5.96 Å². The minimum Gasteiger partial charge on any atom is -0.368 e. The number of carbonyl (C=O) groups excluding carboxylic acids is 2. The van der Waals surface area contributed by atoms with Gasteiger partial charge in [-0.25, -0.2) is 4.98 Å². The maximum Gasteiger partial charge on any atom is 0.251 e. The molecule has 2 N–H and O–H groups in total. The normalized spacial score (nSPS) is 19.7. The predicted molar refractivity (Wildman–Crippen MR) is 115 cm³/mol. The van der Waals surface area contributed by atoms with Crippen molar-refractivity contribution in [2.24, 2.45) is 4.99 Å². The minimum atomic E-state index is -0.264. The molecule has 30 heavy (non-hydrogen) atoms. The molecule has 3 rings (SSSR count). The van der Waals surface area contributed by atoms with Crippen LogP contribution in [-0.4, -0.2) is 84.5 Å². The second-order valence-electron chi connectivity index (χ2n) is 7.57. The number of pyridine rings is 1. The van der Waals surface area contributed by atoms with E-state index in [9.17, 15) is 9.59 Å². The van der Waals surface area contributed by atoms with Crippen molar-refractivity contribution in [2.75, 3.05) is 51.2 Å². The first-order valence-corrected chi connectivity index (χ1v) is 10.7. The zero-order valence-corrected chi connectivity index (χ0v) is 17.9. The molecule has 2 amide bonds. The van der Waals surface area contributed by atoms with Crippen LogP contribution < -0.4 is 10.6 Å². The SMILES string of the molecule is CCNC(=NCCC(=O)Nc1ccc(C)cn1)N1CCN(C(=O)C2CCCO2)CC1. The van der Waals surface area contributed by atoms with Gasteiger partial charge >= 0.3 is 0 Å². The fourth-order valence-corrected chi connectivity index (χ4v) is 3.55. The Morgan fingerprint density at radius 1 is 1.23 bits per heavy atom. The molecule has 9 heteroatoms. The number of nitrogens with zero attached hydrogens (tertiary/aromatic N) is 4. The highest BCUT2D eigenvalue weighted by atomic mass is 16.5. The van der Waals surface area contributed by atoms with Crippen LogP contribution in [0, 0.1) is 6.92 Å². The summed E-state index contributed by atoms with van der Waals surface area (Å²) < 4.78 is 5.52. The topological polar surface area (TPSA) is 99.2 Å². The number of aryl methyl sites for hydroxylation is 1. The third-order valence-corrected chi connectivity index (χ3v) is 5.21. The average molecular weight is 417 g/mol. The van der Waals surface area contributed by atoms with Crippen molar-refractivity contribution in [3.63, 3.8) is 0 Å². The Morgan fingerprint density at radius 2 is 2.00 bits per heavy atom. The molecule has 0 aromatic carbocycles. The van der Waals surface area contributed by atoms with Gasteiger partial charge in [0.1, 0.15) is 11.9 Å². The molecule has 0 saturated carbocycles. The van der Waals surface area contributed by atoms with Crippen LogP contribution in [0.1, 0.15) is 31.7 Å². The summed E-state index contributed by atoms with van der Waals surface area (Å²) in [5.74, 6) is 1.32. The number of guanidine groups is 1. The number of piperazine rings is 1. The van der Waals surface area contributed by atoms with Gasteiger partial charge in [0.25, 0.3) is 5.91 Å². The highest BCUT2D eigenvalue weighted by Gasteiger charge is 2.30. The molecule has 9 nitrogen and oxygen atoms in total. The molecule has 0 bridgehead atoms. The van der Waals surface area contributed by atoms with E-state index < -0.39 is 0 Å². The Morgan fingerprint density at radius 3 is 2.63 bits per heavy atom. The Labute approximate surface area is 177 Å². The number of ether oxygens (including phenoxy) is 1. The van der Waals surface area contributed by atoms with Gasteiger partial charge in [0, 0.05) is 51.9 Å². The Balaban J connectivity index is 1.46. The molecule has 2 fully saturated rings. The molecule has 2 aliphatic heterocycles. The lowest BCUT2D eigenvalue weighted by molar-refractivity contribution is -0.142. The molecule has 1 unspecified atom stereocenters. The maximum atomic E-state index is 12.5. The van der Waals surface area contributed by atoms with Crippen LogP contribution in [0.3, 0.4) is 0 Å². The largest absolute Gasteiger partial charge is 0.368 e. The summed E-state index contributed by atoms with van der Waals surface area (Å²) in [4.78, 5) is 37.5. The van der Waals surface area contributed by atoms with E-state index in [0.717, 1.165) is 30.9 Å².